The number of nitrogens with zero attached hydrogens (tertiary/aromatic N) is 2. The predicted molar refractivity (Wildman–Crippen MR) is 77.3 cm³/mol. The summed E-state index contributed by atoms with van der Waals surface area (Å²) in [6.45, 7) is -0.0303. The zero-order valence-corrected chi connectivity index (χ0v) is 13.2. The molecule has 11 heteroatoms. The van der Waals surface area contributed by atoms with Crippen molar-refractivity contribution in [1.82, 2.24) is 9.62 Å². The summed E-state index contributed by atoms with van der Waals surface area (Å²) in [6.07, 6.45) is -2.77. The van der Waals surface area contributed by atoms with Gasteiger partial charge >= 0.3 is 10.3 Å². The van der Waals surface area contributed by atoms with Crippen LogP contribution in [0.4, 0.5) is 0 Å². The molecule has 0 aromatic rings. The van der Waals surface area contributed by atoms with Gasteiger partial charge in [-0.25, -0.2) is 0 Å². The van der Waals surface area contributed by atoms with Gasteiger partial charge in [-0.3, -0.25) is 9.55 Å². The zero-order valence-electron chi connectivity index (χ0n) is 11.6. The second-order valence-electron chi connectivity index (χ2n) is 4.93. The summed E-state index contributed by atoms with van der Waals surface area (Å²) < 4.78 is 37.1. The van der Waals surface area contributed by atoms with E-state index in [1.807, 2.05) is 0 Å². The zero-order chi connectivity index (χ0) is 15.8. The first-order valence-electron chi connectivity index (χ1n) is 6.34. The second kappa shape index (κ2) is 6.36. The summed E-state index contributed by atoms with van der Waals surface area (Å²) in [5.41, 5.74) is -0.400. The standard InChI is InChI=1S/C10H19N3O6S2/c1-11-10-12-6-8(15)7(14)5(19-9(6)20-10)3-4-13(2)21(16,17)18/h5-9,14-15H,3-4H2,1-2H3,(H,11,12)(H,16,17,18)/t5-,6-,7-,8-,9-/m1/s1. The highest BCUT2D eigenvalue weighted by atomic mass is 32.2. The molecule has 0 aromatic heterocycles. The van der Waals surface area contributed by atoms with Crippen molar-refractivity contribution in [1.29, 1.82) is 0 Å². The minimum Gasteiger partial charge on any atom is -0.388 e. The number of ether oxygens (including phenoxy) is 1. The summed E-state index contributed by atoms with van der Waals surface area (Å²) in [4.78, 5) is 3.98. The average Bonchev–Trinajstić information content (AvgIpc) is 2.83. The number of aliphatic imine (C=N–C) groups is 1. The van der Waals surface area contributed by atoms with Crippen molar-refractivity contribution in [3.05, 3.63) is 0 Å². The van der Waals surface area contributed by atoms with Crippen LogP contribution in [0, 0.1) is 0 Å². The second-order valence-corrected chi connectivity index (χ2v) is 7.53. The van der Waals surface area contributed by atoms with Crippen molar-refractivity contribution in [2.24, 2.45) is 4.99 Å². The van der Waals surface area contributed by atoms with Crippen molar-refractivity contribution < 1.29 is 27.9 Å². The number of aliphatic hydroxyl groups excluding tert-OH is 2. The molecule has 0 radical (unpaired) electrons. The van der Waals surface area contributed by atoms with Crippen LogP contribution in [0.1, 0.15) is 6.42 Å². The van der Waals surface area contributed by atoms with E-state index < -0.39 is 40.1 Å². The summed E-state index contributed by atoms with van der Waals surface area (Å²) >= 11 is 1.31. The maximum Gasteiger partial charge on any atom is 0.335 e. The van der Waals surface area contributed by atoms with Crippen molar-refractivity contribution in [3.8, 4) is 0 Å². The van der Waals surface area contributed by atoms with Crippen molar-refractivity contribution in [3.63, 3.8) is 0 Å². The lowest BCUT2D eigenvalue weighted by molar-refractivity contribution is -0.157. The molecule has 4 N–H and O–H groups in total. The van der Waals surface area contributed by atoms with E-state index in [0.717, 1.165) is 4.31 Å². The number of aliphatic hydroxyl groups is 2. The highest BCUT2D eigenvalue weighted by Crippen LogP contribution is 2.34. The molecule has 2 rings (SSSR count). The Labute approximate surface area is 127 Å². The smallest absolute Gasteiger partial charge is 0.335 e. The number of thioether (sulfide) groups is 1. The average molecular weight is 341 g/mol. The Morgan fingerprint density at radius 3 is 2.67 bits per heavy atom. The van der Waals surface area contributed by atoms with E-state index >= 15 is 0 Å². The summed E-state index contributed by atoms with van der Waals surface area (Å²) in [7, 11) is -1.44. The lowest BCUT2D eigenvalue weighted by Gasteiger charge is -2.39. The van der Waals surface area contributed by atoms with Crippen LogP contribution < -0.4 is 5.32 Å². The van der Waals surface area contributed by atoms with Gasteiger partial charge in [0.1, 0.15) is 17.6 Å². The Morgan fingerprint density at radius 2 is 2.10 bits per heavy atom. The molecular weight excluding hydrogens is 322 g/mol. The van der Waals surface area contributed by atoms with Crippen molar-refractivity contribution in [2.45, 2.75) is 36.2 Å². The maximum absolute atomic E-state index is 10.9. The molecule has 2 aliphatic rings. The van der Waals surface area contributed by atoms with Crippen LogP contribution in [-0.2, 0) is 15.0 Å². The first-order valence-corrected chi connectivity index (χ1v) is 8.62. The molecule has 2 heterocycles. The summed E-state index contributed by atoms with van der Waals surface area (Å²) in [5.74, 6) is 0. The van der Waals surface area contributed by atoms with Gasteiger partial charge in [0, 0.05) is 20.6 Å². The highest BCUT2D eigenvalue weighted by molar-refractivity contribution is 8.14. The fourth-order valence-electron chi connectivity index (χ4n) is 2.25. The molecule has 2 saturated heterocycles. The first kappa shape index (κ1) is 16.9. The molecule has 0 bridgehead atoms. The SMILES string of the molecule is CN=C1N[C@@H]2[C@@H](O)[C@H](O)[C@@H](CCN(C)S(=O)(=O)O)O[C@@H]2S1. The third-order valence-electron chi connectivity index (χ3n) is 3.54. The van der Waals surface area contributed by atoms with Gasteiger partial charge < -0.3 is 20.3 Å². The first-order chi connectivity index (χ1) is 9.74. The molecule has 0 amide bonds. The molecule has 0 aromatic carbocycles. The minimum atomic E-state index is -4.27. The van der Waals surface area contributed by atoms with E-state index in [4.69, 9.17) is 9.29 Å². The number of rotatable bonds is 4. The molecule has 0 aliphatic carbocycles. The van der Waals surface area contributed by atoms with Gasteiger partial charge in [-0.2, -0.15) is 12.7 Å². The third kappa shape index (κ3) is 3.67. The van der Waals surface area contributed by atoms with Crippen LogP contribution in [0.2, 0.25) is 0 Å². The summed E-state index contributed by atoms with van der Waals surface area (Å²) in [6, 6.07) is -0.459. The molecule has 122 valence electrons. The van der Waals surface area contributed by atoms with Crippen LogP contribution >= 0.6 is 11.8 Å². The van der Waals surface area contributed by atoms with Gasteiger partial charge in [0.15, 0.2) is 5.17 Å². The molecule has 2 aliphatic heterocycles. The molecule has 5 atom stereocenters. The molecule has 9 nitrogen and oxygen atoms in total. The van der Waals surface area contributed by atoms with Crippen LogP contribution in [0.15, 0.2) is 4.99 Å². The molecule has 2 fully saturated rings. The number of hydrogen-bond acceptors (Lipinski definition) is 7. The van der Waals surface area contributed by atoms with Gasteiger partial charge in [-0.1, -0.05) is 11.8 Å². The minimum absolute atomic E-state index is 0.0303. The van der Waals surface area contributed by atoms with E-state index in [2.05, 4.69) is 10.3 Å². The molecule has 21 heavy (non-hydrogen) atoms. The lowest BCUT2D eigenvalue weighted by atomic mass is 9.96. The fraction of sp³-hybridized carbons (Fsp3) is 0.900. The monoisotopic (exact) mass is 341 g/mol. The molecule has 0 unspecified atom stereocenters. The topological polar surface area (TPSA) is 132 Å². The van der Waals surface area contributed by atoms with E-state index in [1.54, 1.807) is 7.05 Å². The normalized spacial score (nSPS) is 38.6. The van der Waals surface area contributed by atoms with Crippen LogP contribution in [0.5, 0.6) is 0 Å². The van der Waals surface area contributed by atoms with Gasteiger partial charge in [0.25, 0.3) is 0 Å². The number of hydrogen-bond donors (Lipinski definition) is 4. The Bertz CT molecular complexity index is 513. The van der Waals surface area contributed by atoms with Crippen LogP contribution in [0.3, 0.4) is 0 Å². The Balaban J connectivity index is 1.99. The van der Waals surface area contributed by atoms with E-state index in [1.165, 1.54) is 18.8 Å². The lowest BCUT2D eigenvalue weighted by Crippen LogP contribution is -2.59. The number of nitrogens with one attached hydrogen (secondary N) is 1. The Kier molecular flexibility index (Phi) is 5.13. The molecule has 0 saturated carbocycles. The van der Waals surface area contributed by atoms with Crippen molar-refractivity contribution >= 4 is 27.2 Å². The van der Waals surface area contributed by atoms with E-state index in [9.17, 15) is 18.6 Å². The van der Waals surface area contributed by atoms with E-state index in [0.29, 0.717) is 5.17 Å². The number of fused-ring (bicyclic) bond motifs is 1. The van der Waals surface area contributed by atoms with E-state index in [-0.39, 0.29) is 13.0 Å². The van der Waals surface area contributed by atoms with Crippen molar-refractivity contribution in [2.75, 3.05) is 20.6 Å². The van der Waals surface area contributed by atoms with Gasteiger partial charge in [-0.05, 0) is 6.42 Å². The quantitative estimate of drug-likeness (QED) is 0.443. The maximum atomic E-state index is 10.9. The molecule has 0 spiro atoms. The Morgan fingerprint density at radius 1 is 1.43 bits per heavy atom. The van der Waals surface area contributed by atoms with Gasteiger partial charge in [-0.15, -0.1) is 0 Å². The van der Waals surface area contributed by atoms with Gasteiger partial charge in [0.05, 0.1) is 12.1 Å². The van der Waals surface area contributed by atoms with Crippen LogP contribution in [-0.4, -0.2) is 83.1 Å². The van der Waals surface area contributed by atoms with Crippen LogP contribution in [0.25, 0.3) is 0 Å². The highest BCUT2D eigenvalue weighted by Gasteiger charge is 2.48. The fourth-order valence-corrected chi connectivity index (χ4v) is 3.69. The predicted octanol–water partition coefficient (Wildman–Crippen LogP) is -1.75. The van der Waals surface area contributed by atoms with Gasteiger partial charge in [0.2, 0.25) is 0 Å². The molecular formula is C10H19N3O6S2. The number of amidine groups is 1. The summed E-state index contributed by atoms with van der Waals surface area (Å²) in [5, 5.41) is 23.8. The largest absolute Gasteiger partial charge is 0.388 e. The third-order valence-corrected chi connectivity index (χ3v) is 5.67. The Hall–Kier alpha value is -0.430.